The summed E-state index contributed by atoms with van der Waals surface area (Å²) in [6.45, 7) is 9.09. The van der Waals surface area contributed by atoms with Crippen molar-refractivity contribution in [3.63, 3.8) is 0 Å². The van der Waals surface area contributed by atoms with Crippen molar-refractivity contribution in [2.75, 3.05) is 0 Å². The fraction of sp³-hybridized carbons (Fsp3) is 0.818. The molecule has 0 radical (unpaired) electrons. The third-order valence-corrected chi connectivity index (χ3v) is 1.68. The van der Waals surface area contributed by atoms with Gasteiger partial charge in [-0.05, 0) is 24.7 Å². The molecule has 0 fully saturated rings. The van der Waals surface area contributed by atoms with Crippen LogP contribution in [-0.4, -0.2) is 0 Å². The van der Waals surface area contributed by atoms with Gasteiger partial charge in [0, 0.05) is 0 Å². The Balaban J connectivity index is 3.27. The van der Waals surface area contributed by atoms with Crippen LogP contribution in [0.1, 0.15) is 53.4 Å². The van der Waals surface area contributed by atoms with Crippen molar-refractivity contribution in [1.29, 1.82) is 0 Å². The van der Waals surface area contributed by atoms with E-state index in [2.05, 4.69) is 39.8 Å². The monoisotopic (exact) mass is 154 g/mol. The summed E-state index contributed by atoms with van der Waals surface area (Å²) in [7, 11) is 0. The highest BCUT2D eigenvalue weighted by atomic mass is 14.1. The lowest BCUT2D eigenvalue weighted by molar-refractivity contribution is 0.381. The SMILES string of the molecule is CCCC=CCCC(C)(C)C. The van der Waals surface area contributed by atoms with Crippen molar-refractivity contribution in [1.82, 2.24) is 0 Å². The Hall–Kier alpha value is -0.260. The van der Waals surface area contributed by atoms with Gasteiger partial charge < -0.3 is 0 Å². The number of unbranched alkanes of at least 4 members (excludes halogenated alkanes) is 1. The van der Waals surface area contributed by atoms with Crippen LogP contribution >= 0.6 is 0 Å². The molecule has 0 aromatic carbocycles. The minimum Gasteiger partial charge on any atom is -0.0885 e. The molecule has 0 heteroatoms. The van der Waals surface area contributed by atoms with Crippen molar-refractivity contribution in [2.45, 2.75) is 53.4 Å². The van der Waals surface area contributed by atoms with E-state index in [9.17, 15) is 0 Å². The molecular weight excluding hydrogens is 132 g/mol. The van der Waals surface area contributed by atoms with E-state index in [-0.39, 0.29) is 0 Å². The van der Waals surface area contributed by atoms with E-state index >= 15 is 0 Å². The predicted molar refractivity (Wildman–Crippen MR) is 52.7 cm³/mol. The minimum atomic E-state index is 0.497. The summed E-state index contributed by atoms with van der Waals surface area (Å²) in [4.78, 5) is 0. The minimum absolute atomic E-state index is 0.497. The molecule has 0 rings (SSSR count). The molecule has 0 saturated carbocycles. The van der Waals surface area contributed by atoms with Gasteiger partial charge >= 0.3 is 0 Å². The molecule has 0 aliphatic heterocycles. The molecule has 0 atom stereocenters. The van der Waals surface area contributed by atoms with Gasteiger partial charge in [-0.1, -0.05) is 46.3 Å². The lowest BCUT2D eigenvalue weighted by Gasteiger charge is -2.15. The second-order valence-electron chi connectivity index (χ2n) is 4.36. The third-order valence-electron chi connectivity index (χ3n) is 1.68. The number of allylic oxidation sites excluding steroid dienone is 2. The summed E-state index contributed by atoms with van der Waals surface area (Å²) in [5.41, 5.74) is 0.497. The first kappa shape index (κ1) is 10.7. The van der Waals surface area contributed by atoms with Gasteiger partial charge in [0.05, 0.1) is 0 Å². The van der Waals surface area contributed by atoms with Crippen LogP contribution in [0.4, 0.5) is 0 Å². The highest BCUT2D eigenvalue weighted by Crippen LogP contribution is 2.20. The van der Waals surface area contributed by atoms with Crippen LogP contribution < -0.4 is 0 Å². The normalized spacial score (nSPS) is 12.7. The van der Waals surface area contributed by atoms with Crippen LogP contribution in [0.25, 0.3) is 0 Å². The van der Waals surface area contributed by atoms with Gasteiger partial charge in [-0.25, -0.2) is 0 Å². The van der Waals surface area contributed by atoms with Crippen LogP contribution in [0.2, 0.25) is 0 Å². The van der Waals surface area contributed by atoms with E-state index in [0.717, 1.165) is 0 Å². The predicted octanol–water partition coefficient (Wildman–Crippen LogP) is 4.17. The molecule has 66 valence electrons. The quantitative estimate of drug-likeness (QED) is 0.533. The maximum Gasteiger partial charge on any atom is -0.0346 e. The fourth-order valence-corrected chi connectivity index (χ4v) is 0.919. The van der Waals surface area contributed by atoms with Crippen LogP contribution in [0.3, 0.4) is 0 Å². The molecule has 0 aliphatic rings. The van der Waals surface area contributed by atoms with Crippen molar-refractivity contribution in [3.05, 3.63) is 12.2 Å². The van der Waals surface area contributed by atoms with Gasteiger partial charge in [-0.15, -0.1) is 0 Å². The zero-order valence-corrected chi connectivity index (χ0v) is 8.48. The second kappa shape index (κ2) is 5.40. The maximum absolute atomic E-state index is 2.31. The zero-order chi connectivity index (χ0) is 8.74. The number of hydrogen-bond acceptors (Lipinski definition) is 0. The largest absolute Gasteiger partial charge is 0.0885 e. The summed E-state index contributed by atoms with van der Waals surface area (Å²) in [6, 6.07) is 0. The Morgan fingerprint density at radius 2 is 1.55 bits per heavy atom. The highest BCUT2D eigenvalue weighted by Gasteiger charge is 2.07. The Labute approximate surface area is 71.7 Å². The molecule has 0 amide bonds. The third kappa shape index (κ3) is 9.74. The smallest absolute Gasteiger partial charge is 0.0346 e. The van der Waals surface area contributed by atoms with E-state index in [4.69, 9.17) is 0 Å². The van der Waals surface area contributed by atoms with Crippen molar-refractivity contribution in [3.8, 4) is 0 Å². The standard InChI is InChI=1S/C11H22/c1-5-6-7-8-9-10-11(2,3)4/h7-8H,5-6,9-10H2,1-4H3. The van der Waals surface area contributed by atoms with Gasteiger partial charge in [0.15, 0.2) is 0 Å². The molecule has 0 aromatic rings. The number of rotatable bonds is 4. The van der Waals surface area contributed by atoms with Gasteiger partial charge in [0.25, 0.3) is 0 Å². The van der Waals surface area contributed by atoms with Crippen LogP contribution in [0, 0.1) is 5.41 Å². The summed E-state index contributed by atoms with van der Waals surface area (Å²) < 4.78 is 0. The molecule has 0 heterocycles. The van der Waals surface area contributed by atoms with Crippen LogP contribution in [0.5, 0.6) is 0 Å². The topological polar surface area (TPSA) is 0 Å². The van der Waals surface area contributed by atoms with E-state index in [1.165, 1.54) is 25.7 Å². The van der Waals surface area contributed by atoms with Crippen LogP contribution in [0.15, 0.2) is 12.2 Å². The van der Waals surface area contributed by atoms with Crippen molar-refractivity contribution < 1.29 is 0 Å². The summed E-state index contributed by atoms with van der Waals surface area (Å²) in [5.74, 6) is 0. The zero-order valence-electron chi connectivity index (χ0n) is 8.48. The van der Waals surface area contributed by atoms with Crippen LogP contribution in [-0.2, 0) is 0 Å². The Morgan fingerprint density at radius 1 is 1.00 bits per heavy atom. The van der Waals surface area contributed by atoms with Gasteiger partial charge in [0.1, 0.15) is 0 Å². The first-order chi connectivity index (χ1) is 5.06. The maximum atomic E-state index is 2.31. The summed E-state index contributed by atoms with van der Waals surface area (Å²) in [5, 5.41) is 0. The molecule has 0 bridgehead atoms. The molecule has 0 nitrogen and oxygen atoms in total. The van der Waals surface area contributed by atoms with E-state index in [0.29, 0.717) is 5.41 Å². The first-order valence-corrected chi connectivity index (χ1v) is 4.71. The van der Waals surface area contributed by atoms with Gasteiger partial charge in [-0.2, -0.15) is 0 Å². The van der Waals surface area contributed by atoms with E-state index < -0.39 is 0 Å². The second-order valence-corrected chi connectivity index (χ2v) is 4.36. The lowest BCUT2D eigenvalue weighted by Crippen LogP contribution is -2.02. The summed E-state index contributed by atoms with van der Waals surface area (Å²) >= 11 is 0. The first-order valence-electron chi connectivity index (χ1n) is 4.71. The molecular formula is C11H22. The lowest BCUT2D eigenvalue weighted by atomic mass is 9.90. The van der Waals surface area contributed by atoms with Crippen molar-refractivity contribution in [2.24, 2.45) is 5.41 Å². The molecule has 0 unspecified atom stereocenters. The van der Waals surface area contributed by atoms with Gasteiger partial charge in [-0.3, -0.25) is 0 Å². The van der Waals surface area contributed by atoms with Crippen molar-refractivity contribution >= 4 is 0 Å². The fourth-order valence-electron chi connectivity index (χ4n) is 0.919. The number of hydrogen-bond donors (Lipinski definition) is 0. The molecule has 0 aromatic heterocycles. The molecule has 0 saturated heterocycles. The highest BCUT2D eigenvalue weighted by molar-refractivity contribution is 4.82. The Morgan fingerprint density at radius 3 is 2.00 bits per heavy atom. The summed E-state index contributed by atoms with van der Waals surface area (Å²) in [6.07, 6.45) is 9.66. The molecule has 11 heavy (non-hydrogen) atoms. The average molecular weight is 154 g/mol. The Bertz CT molecular complexity index is 104. The van der Waals surface area contributed by atoms with E-state index in [1.807, 2.05) is 0 Å². The van der Waals surface area contributed by atoms with Gasteiger partial charge in [0.2, 0.25) is 0 Å². The average Bonchev–Trinajstić information content (AvgIpc) is 1.85. The molecule has 0 spiro atoms. The van der Waals surface area contributed by atoms with E-state index in [1.54, 1.807) is 0 Å². The Kier molecular flexibility index (Phi) is 5.27. The molecule has 0 N–H and O–H groups in total. The molecule has 0 aliphatic carbocycles.